The normalized spacial score (nSPS) is 30.0. The van der Waals surface area contributed by atoms with Crippen molar-refractivity contribution in [3.05, 3.63) is 0 Å². The molecule has 0 amide bonds. The molecular formula is C9H18BrNO. The van der Waals surface area contributed by atoms with Crippen LogP contribution < -0.4 is 0 Å². The number of nitrogens with zero attached hydrogens (tertiary/aromatic N) is 1. The second kappa shape index (κ2) is 5.20. The number of alkyl halides is 1. The van der Waals surface area contributed by atoms with Crippen molar-refractivity contribution in [2.75, 3.05) is 25.5 Å². The summed E-state index contributed by atoms with van der Waals surface area (Å²) in [6, 6.07) is 0. The first-order valence-corrected chi connectivity index (χ1v) is 5.74. The summed E-state index contributed by atoms with van der Waals surface area (Å²) in [5, 5.41) is 1.05. The molecule has 1 fully saturated rings. The topological polar surface area (TPSA) is 12.5 Å². The van der Waals surface area contributed by atoms with Gasteiger partial charge in [0.2, 0.25) is 0 Å². The summed E-state index contributed by atoms with van der Waals surface area (Å²) < 4.78 is 5.72. The molecule has 12 heavy (non-hydrogen) atoms. The Balaban J connectivity index is 2.14. The van der Waals surface area contributed by atoms with Crippen LogP contribution in [0.2, 0.25) is 0 Å². The van der Waals surface area contributed by atoms with E-state index in [0.717, 1.165) is 18.4 Å². The second-order valence-corrected chi connectivity index (χ2v) is 4.39. The Morgan fingerprint density at radius 3 is 2.75 bits per heavy atom. The molecule has 0 radical (unpaired) electrons. The molecule has 1 heterocycles. The Kier molecular flexibility index (Phi) is 4.54. The van der Waals surface area contributed by atoms with Crippen LogP contribution in [0.5, 0.6) is 0 Å². The highest BCUT2D eigenvalue weighted by Gasteiger charge is 2.22. The van der Waals surface area contributed by atoms with Gasteiger partial charge in [0, 0.05) is 18.4 Å². The summed E-state index contributed by atoms with van der Waals surface area (Å²) in [5.74, 6) is 0. The molecule has 1 saturated heterocycles. The molecular weight excluding hydrogens is 218 g/mol. The van der Waals surface area contributed by atoms with Crippen molar-refractivity contribution in [3.63, 3.8) is 0 Å². The lowest BCUT2D eigenvalue weighted by atomic mass is 10.2. The molecule has 0 spiro atoms. The van der Waals surface area contributed by atoms with Crippen molar-refractivity contribution < 1.29 is 4.74 Å². The quantitative estimate of drug-likeness (QED) is 0.691. The minimum Gasteiger partial charge on any atom is -0.374 e. The lowest BCUT2D eigenvalue weighted by molar-refractivity contribution is 0.0376. The fraction of sp³-hybridized carbons (Fsp3) is 1.00. The van der Waals surface area contributed by atoms with E-state index in [1.54, 1.807) is 0 Å². The first-order chi connectivity index (χ1) is 5.72. The van der Waals surface area contributed by atoms with Gasteiger partial charge in [-0.15, -0.1) is 0 Å². The lowest BCUT2D eigenvalue weighted by Crippen LogP contribution is -2.30. The molecule has 0 aromatic rings. The van der Waals surface area contributed by atoms with Crippen LogP contribution in [0.1, 0.15) is 19.8 Å². The lowest BCUT2D eigenvalue weighted by Gasteiger charge is -2.19. The molecule has 0 saturated carbocycles. The number of hydrogen-bond acceptors (Lipinski definition) is 2. The Bertz CT molecular complexity index is 132. The first-order valence-electron chi connectivity index (χ1n) is 4.62. The van der Waals surface area contributed by atoms with E-state index < -0.39 is 0 Å². The number of hydrogen-bond donors (Lipinski definition) is 0. The first kappa shape index (κ1) is 10.5. The van der Waals surface area contributed by atoms with Gasteiger partial charge in [0.15, 0.2) is 0 Å². The van der Waals surface area contributed by atoms with Crippen LogP contribution in [0.3, 0.4) is 0 Å². The molecule has 2 unspecified atom stereocenters. The van der Waals surface area contributed by atoms with Crippen molar-refractivity contribution in [1.29, 1.82) is 0 Å². The van der Waals surface area contributed by atoms with E-state index in [1.165, 1.54) is 12.8 Å². The molecule has 2 atom stereocenters. The predicted octanol–water partition coefficient (Wildman–Crippen LogP) is 1.88. The van der Waals surface area contributed by atoms with Crippen molar-refractivity contribution in [1.82, 2.24) is 4.90 Å². The number of halogens is 1. The zero-order valence-corrected chi connectivity index (χ0v) is 9.51. The van der Waals surface area contributed by atoms with Gasteiger partial charge in [0.1, 0.15) is 0 Å². The van der Waals surface area contributed by atoms with Crippen LogP contribution in [0.15, 0.2) is 0 Å². The molecule has 1 aliphatic heterocycles. The van der Waals surface area contributed by atoms with Crippen molar-refractivity contribution in [2.24, 2.45) is 0 Å². The smallest absolute Gasteiger partial charge is 0.0706 e. The van der Waals surface area contributed by atoms with E-state index in [-0.39, 0.29) is 0 Å². The van der Waals surface area contributed by atoms with Crippen LogP contribution in [-0.4, -0.2) is 42.6 Å². The predicted molar refractivity (Wildman–Crippen MR) is 54.9 cm³/mol. The van der Waals surface area contributed by atoms with E-state index in [0.29, 0.717) is 12.2 Å². The molecule has 0 aliphatic carbocycles. The minimum atomic E-state index is 0.476. The monoisotopic (exact) mass is 235 g/mol. The maximum Gasteiger partial charge on any atom is 0.0706 e. The van der Waals surface area contributed by atoms with Crippen LogP contribution in [0.25, 0.3) is 0 Å². The van der Waals surface area contributed by atoms with E-state index in [2.05, 4.69) is 34.8 Å². The van der Waals surface area contributed by atoms with Gasteiger partial charge in [-0.05, 0) is 26.8 Å². The van der Waals surface area contributed by atoms with Gasteiger partial charge >= 0.3 is 0 Å². The standard InChI is InChI=1S/C9H18BrNO/c1-8-3-4-9(12-8)7-11(2)6-5-10/h8-9H,3-7H2,1-2H3. The summed E-state index contributed by atoms with van der Waals surface area (Å²) in [5.41, 5.74) is 0. The SMILES string of the molecule is CC1CCC(CN(C)CCBr)O1. The molecule has 0 aromatic heterocycles. The summed E-state index contributed by atoms with van der Waals surface area (Å²) in [4.78, 5) is 2.32. The van der Waals surface area contributed by atoms with Gasteiger partial charge in [-0.1, -0.05) is 15.9 Å². The van der Waals surface area contributed by atoms with Gasteiger partial charge in [-0.25, -0.2) is 0 Å². The maximum absolute atomic E-state index is 5.72. The van der Waals surface area contributed by atoms with E-state index in [9.17, 15) is 0 Å². The Morgan fingerprint density at radius 1 is 1.50 bits per heavy atom. The third-order valence-electron chi connectivity index (χ3n) is 2.30. The fourth-order valence-electron chi connectivity index (χ4n) is 1.60. The molecule has 0 bridgehead atoms. The number of rotatable bonds is 4. The van der Waals surface area contributed by atoms with Crippen molar-refractivity contribution >= 4 is 15.9 Å². The number of likely N-dealkylation sites (N-methyl/N-ethyl adjacent to an activating group) is 1. The minimum absolute atomic E-state index is 0.476. The van der Waals surface area contributed by atoms with Gasteiger partial charge in [0.25, 0.3) is 0 Å². The summed E-state index contributed by atoms with van der Waals surface area (Å²) in [7, 11) is 2.15. The Hall–Kier alpha value is 0.400. The molecule has 0 aromatic carbocycles. The van der Waals surface area contributed by atoms with Gasteiger partial charge in [-0.2, -0.15) is 0 Å². The molecule has 1 aliphatic rings. The fourth-order valence-corrected chi connectivity index (χ4v) is 2.21. The number of ether oxygens (including phenoxy) is 1. The molecule has 72 valence electrons. The van der Waals surface area contributed by atoms with Crippen LogP contribution in [-0.2, 0) is 4.74 Å². The van der Waals surface area contributed by atoms with Crippen molar-refractivity contribution in [2.45, 2.75) is 32.0 Å². The molecule has 2 nitrogen and oxygen atoms in total. The summed E-state index contributed by atoms with van der Waals surface area (Å²) >= 11 is 3.43. The summed E-state index contributed by atoms with van der Waals surface area (Å²) in [6.45, 7) is 4.34. The zero-order chi connectivity index (χ0) is 8.97. The zero-order valence-electron chi connectivity index (χ0n) is 7.92. The van der Waals surface area contributed by atoms with E-state index in [1.807, 2.05) is 0 Å². The van der Waals surface area contributed by atoms with Crippen LogP contribution in [0.4, 0.5) is 0 Å². The van der Waals surface area contributed by atoms with Crippen molar-refractivity contribution in [3.8, 4) is 0 Å². The van der Waals surface area contributed by atoms with E-state index in [4.69, 9.17) is 4.74 Å². The summed E-state index contributed by atoms with van der Waals surface area (Å²) in [6.07, 6.45) is 3.41. The second-order valence-electron chi connectivity index (χ2n) is 3.60. The third-order valence-corrected chi connectivity index (χ3v) is 2.66. The maximum atomic E-state index is 5.72. The molecule has 1 rings (SSSR count). The third kappa shape index (κ3) is 3.42. The molecule has 3 heteroatoms. The highest BCUT2D eigenvalue weighted by molar-refractivity contribution is 9.09. The van der Waals surface area contributed by atoms with Gasteiger partial charge in [0.05, 0.1) is 12.2 Å². The Morgan fingerprint density at radius 2 is 2.25 bits per heavy atom. The van der Waals surface area contributed by atoms with Gasteiger partial charge in [-0.3, -0.25) is 0 Å². The van der Waals surface area contributed by atoms with Crippen LogP contribution >= 0.6 is 15.9 Å². The average Bonchev–Trinajstić information content (AvgIpc) is 2.36. The largest absolute Gasteiger partial charge is 0.374 e. The molecule has 0 N–H and O–H groups in total. The highest BCUT2D eigenvalue weighted by atomic mass is 79.9. The average molecular weight is 236 g/mol. The Labute approximate surface area is 83.4 Å². The van der Waals surface area contributed by atoms with Crippen LogP contribution in [0, 0.1) is 0 Å². The van der Waals surface area contributed by atoms with E-state index >= 15 is 0 Å². The highest BCUT2D eigenvalue weighted by Crippen LogP contribution is 2.19. The van der Waals surface area contributed by atoms with Gasteiger partial charge < -0.3 is 9.64 Å².